The first kappa shape index (κ1) is 31.3. The molecule has 0 heterocycles. The SMILES string of the molecule is CC(C)(C)OC(=O)N[C@@H](Cc1ccccc1)C[C@H](O)[C@@H](N)Cc1ccccc1.O=C(O)C=Cc1ccccc1. The Morgan fingerprint density at radius 2 is 1.36 bits per heavy atom. The number of aliphatic hydroxyl groups excluding tert-OH is 1. The van der Waals surface area contributed by atoms with Crippen LogP contribution in [0.3, 0.4) is 0 Å². The van der Waals surface area contributed by atoms with Crippen molar-refractivity contribution < 1.29 is 24.5 Å². The summed E-state index contributed by atoms with van der Waals surface area (Å²) >= 11 is 0. The standard InChI is InChI=1S/C23H32N2O3.C9H8O2/c1-23(2,3)28-22(27)25-19(14-17-10-6-4-7-11-17)16-21(26)20(24)15-18-12-8-5-9-13-18;10-9(11)7-6-8-4-2-1-3-5-8/h4-13,19-21,26H,14-16,24H2,1-3H3,(H,25,27);1-7H,(H,10,11)/t19-,20-,21-;/m0./s1. The van der Waals surface area contributed by atoms with Crippen molar-refractivity contribution in [1.82, 2.24) is 5.32 Å². The molecule has 1 amide bonds. The van der Waals surface area contributed by atoms with E-state index >= 15 is 0 Å². The summed E-state index contributed by atoms with van der Waals surface area (Å²) in [5.74, 6) is -0.922. The molecule has 3 aromatic carbocycles. The average molecular weight is 533 g/mol. The number of alkyl carbamates (subject to hydrolysis) is 1. The highest BCUT2D eigenvalue weighted by Gasteiger charge is 2.24. The summed E-state index contributed by atoms with van der Waals surface area (Å²) in [6, 6.07) is 28.3. The first-order valence-electron chi connectivity index (χ1n) is 13.0. The fourth-order valence-corrected chi connectivity index (χ4v) is 3.79. The molecule has 0 aliphatic heterocycles. The van der Waals surface area contributed by atoms with E-state index in [4.69, 9.17) is 15.6 Å². The third kappa shape index (κ3) is 14.0. The van der Waals surface area contributed by atoms with Gasteiger partial charge in [-0.25, -0.2) is 9.59 Å². The Morgan fingerprint density at radius 3 is 1.85 bits per heavy atom. The van der Waals surface area contributed by atoms with E-state index in [9.17, 15) is 14.7 Å². The van der Waals surface area contributed by atoms with Crippen molar-refractivity contribution in [3.05, 3.63) is 114 Å². The molecule has 5 N–H and O–H groups in total. The van der Waals surface area contributed by atoms with Crippen LogP contribution in [-0.2, 0) is 22.4 Å². The first-order valence-corrected chi connectivity index (χ1v) is 13.0. The van der Waals surface area contributed by atoms with Gasteiger partial charge in [-0.15, -0.1) is 0 Å². The largest absolute Gasteiger partial charge is 0.478 e. The lowest BCUT2D eigenvalue weighted by atomic mass is 9.94. The second-order valence-electron chi connectivity index (χ2n) is 10.3. The van der Waals surface area contributed by atoms with Crippen molar-refractivity contribution in [1.29, 1.82) is 0 Å². The van der Waals surface area contributed by atoms with E-state index < -0.39 is 29.8 Å². The minimum absolute atomic E-state index is 0.283. The average Bonchev–Trinajstić information content (AvgIpc) is 2.88. The number of rotatable bonds is 10. The molecule has 0 radical (unpaired) electrons. The second kappa shape index (κ2) is 16.1. The summed E-state index contributed by atoms with van der Waals surface area (Å²) in [5, 5.41) is 21.8. The van der Waals surface area contributed by atoms with E-state index in [-0.39, 0.29) is 6.04 Å². The van der Waals surface area contributed by atoms with E-state index in [1.807, 2.05) is 112 Å². The summed E-state index contributed by atoms with van der Waals surface area (Å²) in [5.41, 5.74) is 8.70. The van der Waals surface area contributed by atoms with Crippen molar-refractivity contribution in [2.45, 2.75) is 63.8 Å². The number of nitrogens with one attached hydrogen (secondary N) is 1. The number of ether oxygens (including phenoxy) is 1. The minimum atomic E-state index is -0.922. The minimum Gasteiger partial charge on any atom is -0.478 e. The monoisotopic (exact) mass is 532 g/mol. The molecule has 0 bridgehead atoms. The van der Waals surface area contributed by atoms with Crippen molar-refractivity contribution in [3.8, 4) is 0 Å². The molecule has 0 fully saturated rings. The molecule has 7 nitrogen and oxygen atoms in total. The molecular weight excluding hydrogens is 492 g/mol. The second-order valence-corrected chi connectivity index (χ2v) is 10.3. The third-order valence-electron chi connectivity index (χ3n) is 5.60. The van der Waals surface area contributed by atoms with Gasteiger partial charge < -0.3 is 26.0 Å². The number of carboxylic acid groups (broad SMARTS) is 1. The predicted molar refractivity (Wildman–Crippen MR) is 155 cm³/mol. The smallest absolute Gasteiger partial charge is 0.407 e. The van der Waals surface area contributed by atoms with Crippen LogP contribution in [0.2, 0.25) is 0 Å². The van der Waals surface area contributed by atoms with E-state index in [1.165, 1.54) is 0 Å². The van der Waals surface area contributed by atoms with Gasteiger partial charge in [0.05, 0.1) is 6.10 Å². The van der Waals surface area contributed by atoms with Gasteiger partial charge in [-0.05, 0) is 62.8 Å². The van der Waals surface area contributed by atoms with Crippen LogP contribution >= 0.6 is 0 Å². The van der Waals surface area contributed by atoms with Crippen LogP contribution in [0.25, 0.3) is 6.08 Å². The Labute approximate surface area is 231 Å². The molecule has 0 spiro atoms. The molecule has 3 rings (SSSR count). The third-order valence-corrected chi connectivity index (χ3v) is 5.60. The molecule has 3 atom stereocenters. The number of aliphatic hydroxyl groups is 1. The fraction of sp³-hybridized carbons (Fsp3) is 0.312. The van der Waals surface area contributed by atoms with Gasteiger partial charge in [-0.2, -0.15) is 0 Å². The summed E-state index contributed by atoms with van der Waals surface area (Å²) in [6.45, 7) is 5.47. The summed E-state index contributed by atoms with van der Waals surface area (Å²) in [6.07, 6.45) is 2.96. The Morgan fingerprint density at radius 1 is 0.872 bits per heavy atom. The quantitative estimate of drug-likeness (QED) is 0.265. The summed E-state index contributed by atoms with van der Waals surface area (Å²) < 4.78 is 5.38. The zero-order valence-electron chi connectivity index (χ0n) is 22.9. The highest BCUT2D eigenvalue weighted by molar-refractivity contribution is 5.85. The van der Waals surface area contributed by atoms with Gasteiger partial charge in [0.25, 0.3) is 0 Å². The Hall–Kier alpha value is -3.94. The number of amides is 1. The topological polar surface area (TPSA) is 122 Å². The molecule has 0 aliphatic carbocycles. The maximum atomic E-state index is 12.3. The number of hydrogen-bond donors (Lipinski definition) is 4. The van der Waals surface area contributed by atoms with E-state index in [0.29, 0.717) is 19.3 Å². The van der Waals surface area contributed by atoms with Crippen LogP contribution in [-0.4, -0.2) is 46.1 Å². The first-order chi connectivity index (χ1) is 18.5. The van der Waals surface area contributed by atoms with Gasteiger partial charge in [-0.1, -0.05) is 91.0 Å². The van der Waals surface area contributed by atoms with E-state index in [2.05, 4.69) is 5.32 Å². The van der Waals surface area contributed by atoms with Gasteiger partial charge in [-0.3, -0.25) is 0 Å². The van der Waals surface area contributed by atoms with Gasteiger partial charge >= 0.3 is 12.1 Å². The summed E-state index contributed by atoms with van der Waals surface area (Å²) in [7, 11) is 0. The molecule has 0 aliphatic rings. The van der Waals surface area contributed by atoms with Crippen molar-refractivity contribution in [2.24, 2.45) is 5.73 Å². The summed E-state index contributed by atoms with van der Waals surface area (Å²) in [4.78, 5) is 22.3. The van der Waals surface area contributed by atoms with Crippen LogP contribution in [0, 0.1) is 0 Å². The van der Waals surface area contributed by atoms with Gasteiger partial charge in [0, 0.05) is 18.2 Å². The van der Waals surface area contributed by atoms with Crippen LogP contribution < -0.4 is 11.1 Å². The van der Waals surface area contributed by atoms with Crippen LogP contribution in [0.1, 0.15) is 43.9 Å². The number of carbonyl (C=O) groups excluding carboxylic acids is 1. The lowest BCUT2D eigenvalue weighted by molar-refractivity contribution is -0.131. The number of hydrogen-bond acceptors (Lipinski definition) is 5. The van der Waals surface area contributed by atoms with Gasteiger partial charge in [0.2, 0.25) is 0 Å². The van der Waals surface area contributed by atoms with Gasteiger partial charge in [0.15, 0.2) is 0 Å². The van der Waals surface area contributed by atoms with Crippen molar-refractivity contribution >= 4 is 18.1 Å². The zero-order chi connectivity index (χ0) is 28.7. The van der Waals surface area contributed by atoms with Crippen LogP contribution in [0.15, 0.2) is 97.1 Å². The highest BCUT2D eigenvalue weighted by atomic mass is 16.6. The molecule has 3 aromatic rings. The molecule has 0 saturated heterocycles. The Kier molecular flexibility index (Phi) is 12.9. The number of carbonyl (C=O) groups is 2. The molecule has 0 saturated carbocycles. The Balaban J connectivity index is 0.000000404. The molecule has 0 unspecified atom stereocenters. The lowest BCUT2D eigenvalue weighted by Gasteiger charge is -2.27. The highest BCUT2D eigenvalue weighted by Crippen LogP contribution is 2.14. The van der Waals surface area contributed by atoms with Crippen molar-refractivity contribution in [2.75, 3.05) is 0 Å². The Bertz CT molecular complexity index is 1150. The fourth-order valence-electron chi connectivity index (χ4n) is 3.79. The molecule has 39 heavy (non-hydrogen) atoms. The molecule has 7 heteroatoms. The number of aliphatic carboxylic acids is 1. The molecule has 208 valence electrons. The van der Waals surface area contributed by atoms with Crippen LogP contribution in [0.5, 0.6) is 0 Å². The number of carboxylic acids is 1. The maximum absolute atomic E-state index is 12.3. The van der Waals surface area contributed by atoms with Crippen molar-refractivity contribution in [3.63, 3.8) is 0 Å². The maximum Gasteiger partial charge on any atom is 0.407 e. The normalized spacial score (nSPS) is 13.5. The molecular formula is C32H40N2O5. The van der Waals surface area contributed by atoms with Crippen LogP contribution in [0.4, 0.5) is 4.79 Å². The lowest BCUT2D eigenvalue weighted by Crippen LogP contribution is -2.46. The molecule has 0 aromatic heterocycles. The van der Waals surface area contributed by atoms with E-state index in [1.54, 1.807) is 6.08 Å². The predicted octanol–water partition coefficient (Wildman–Crippen LogP) is 5.23. The number of benzene rings is 3. The van der Waals surface area contributed by atoms with Gasteiger partial charge in [0.1, 0.15) is 5.60 Å². The zero-order valence-corrected chi connectivity index (χ0v) is 22.9. The van der Waals surface area contributed by atoms with E-state index in [0.717, 1.165) is 22.8 Å². The number of nitrogens with two attached hydrogens (primary N) is 1.